The highest BCUT2D eigenvalue weighted by Gasteiger charge is 2.31. The lowest BCUT2D eigenvalue weighted by Crippen LogP contribution is -2.06. The van der Waals surface area contributed by atoms with Crippen molar-refractivity contribution >= 4 is 5.97 Å². The largest absolute Gasteiger partial charge is 0.462 e. The number of benzene rings is 1. The van der Waals surface area contributed by atoms with Gasteiger partial charge in [-0.1, -0.05) is 12.1 Å². The van der Waals surface area contributed by atoms with E-state index in [4.69, 9.17) is 4.74 Å². The van der Waals surface area contributed by atoms with E-state index in [9.17, 15) is 18.0 Å². The van der Waals surface area contributed by atoms with Gasteiger partial charge in [-0.3, -0.25) is 5.10 Å². The monoisotopic (exact) mass is 284 g/mol. The van der Waals surface area contributed by atoms with Gasteiger partial charge in [0.25, 0.3) is 0 Å². The molecule has 0 aliphatic carbocycles. The fourth-order valence-corrected chi connectivity index (χ4v) is 1.72. The molecule has 0 saturated carbocycles. The van der Waals surface area contributed by atoms with Gasteiger partial charge in [0.1, 0.15) is 11.3 Å². The number of ether oxygens (including phenoxy) is 1. The van der Waals surface area contributed by atoms with Crippen molar-refractivity contribution in [1.82, 2.24) is 10.2 Å². The van der Waals surface area contributed by atoms with Crippen molar-refractivity contribution in [1.29, 1.82) is 0 Å². The second-order valence-electron chi connectivity index (χ2n) is 3.95. The molecule has 1 aromatic heterocycles. The molecule has 1 N–H and O–H groups in total. The van der Waals surface area contributed by atoms with Crippen LogP contribution in [0, 0.1) is 0 Å². The van der Waals surface area contributed by atoms with E-state index in [-0.39, 0.29) is 23.4 Å². The highest BCUT2D eigenvalue weighted by atomic mass is 19.4. The van der Waals surface area contributed by atoms with Crippen LogP contribution in [0.15, 0.2) is 30.5 Å². The number of nitrogens with zero attached hydrogens (tertiary/aromatic N) is 1. The molecule has 7 heteroatoms. The van der Waals surface area contributed by atoms with E-state index in [2.05, 4.69) is 10.2 Å². The second kappa shape index (κ2) is 5.36. The van der Waals surface area contributed by atoms with Crippen LogP contribution in [0.5, 0.6) is 0 Å². The van der Waals surface area contributed by atoms with Crippen molar-refractivity contribution < 1.29 is 22.7 Å². The maximum absolute atomic E-state index is 12.7. The van der Waals surface area contributed by atoms with Gasteiger partial charge in [-0.05, 0) is 19.1 Å². The smallest absolute Gasteiger partial charge is 0.416 e. The predicted molar refractivity (Wildman–Crippen MR) is 65.0 cm³/mol. The van der Waals surface area contributed by atoms with Crippen LogP contribution in [0.4, 0.5) is 13.2 Å². The van der Waals surface area contributed by atoms with Crippen LogP contribution in [-0.2, 0) is 10.9 Å². The lowest BCUT2D eigenvalue weighted by molar-refractivity contribution is -0.137. The molecule has 0 bridgehead atoms. The Bertz CT molecular complexity index is 620. The molecule has 0 unspecified atom stereocenters. The van der Waals surface area contributed by atoms with Crippen molar-refractivity contribution in [3.8, 4) is 11.3 Å². The zero-order valence-electron chi connectivity index (χ0n) is 10.5. The summed E-state index contributed by atoms with van der Waals surface area (Å²) >= 11 is 0. The standard InChI is InChI=1S/C13H11F3N2O2/c1-2-20-12(19)10-7-17-18-11(10)8-4-3-5-9(6-8)13(14,15)16/h3-7H,2H2,1H3,(H,17,18). The Hall–Kier alpha value is -2.31. The number of H-pyrrole nitrogens is 1. The van der Waals surface area contributed by atoms with Gasteiger partial charge in [0.05, 0.1) is 12.2 Å². The number of nitrogens with one attached hydrogen (secondary N) is 1. The number of aromatic amines is 1. The van der Waals surface area contributed by atoms with Crippen molar-refractivity contribution in [2.75, 3.05) is 6.61 Å². The van der Waals surface area contributed by atoms with Crippen LogP contribution in [0.2, 0.25) is 0 Å². The third kappa shape index (κ3) is 2.81. The number of carbonyl (C=O) groups is 1. The molecule has 1 aromatic carbocycles. The Morgan fingerprint density at radius 2 is 2.15 bits per heavy atom. The van der Waals surface area contributed by atoms with E-state index >= 15 is 0 Å². The zero-order chi connectivity index (χ0) is 14.8. The Labute approximate surface area is 112 Å². The number of aromatic nitrogens is 2. The van der Waals surface area contributed by atoms with E-state index in [1.165, 1.54) is 18.3 Å². The summed E-state index contributed by atoms with van der Waals surface area (Å²) in [7, 11) is 0. The maximum atomic E-state index is 12.7. The second-order valence-corrected chi connectivity index (χ2v) is 3.95. The third-order valence-corrected chi connectivity index (χ3v) is 2.60. The molecule has 0 spiro atoms. The summed E-state index contributed by atoms with van der Waals surface area (Å²) in [6.45, 7) is 1.81. The zero-order valence-corrected chi connectivity index (χ0v) is 10.5. The highest BCUT2D eigenvalue weighted by molar-refractivity contribution is 5.95. The van der Waals surface area contributed by atoms with Crippen molar-refractivity contribution in [2.45, 2.75) is 13.1 Å². The molecule has 0 aliphatic heterocycles. The number of hydrogen-bond acceptors (Lipinski definition) is 3. The first kappa shape index (κ1) is 14.1. The SMILES string of the molecule is CCOC(=O)c1c[nH]nc1-c1cccc(C(F)(F)F)c1. The Morgan fingerprint density at radius 1 is 1.40 bits per heavy atom. The minimum atomic E-state index is -4.45. The quantitative estimate of drug-likeness (QED) is 0.880. The van der Waals surface area contributed by atoms with Gasteiger partial charge in [-0.25, -0.2) is 4.79 Å². The number of esters is 1. The molecule has 0 atom stereocenters. The Balaban J connectivity index is 2.43. The molecule has 4 nitrogen and oxygen atoms in total. The van der Waals surface area contributed by atoms with Crippen LogP contribution in [0.1, 0.15) is 22.8 Å². The number of halogens is 3. The summed E-state index contributed by atoms with van der Waals surface area (Å²) in [5.74, 6) is -0.631. The van der Waals surface area contributed by atoms with Gasteiger partial charge >= 0.3 is 12.1 Å². The van der Waals surface area contributed by atoms with Gasteiger partial charge in [-0.15, -0.1) is 0 Å². The molecule has 0 radical (unpaired) electrons. The molecular formula is C13H11F3N2O2. The lowest BCUT2D eigenvalue weighted by atomic mass is 10.0. The summed E-state index contributed by atoms with van der Waals surface area (Å²) in [5, 5.41) is 6.28. The van der Waals surface area contributed by atoms with Crippen LogP contribution >= 0.6 is 0 Å². The van der Waals surface area contributed by atoms with Crippen molar-refractivity contribution in [3.63, 3.8) is 0 Å². The van der Waals surface area contributed by atoms with E-state index < -0.39 is 17.7 Å². The fourth-order valence-electron chi connectivity index (χ4n) is 1.72. The molecule has 106 valence electrons. The molecule has 2 aromatic rings. The first-order valence-corrected chi connectivity index (χ1v) is 5.82. The molecular weight excluding hydrogens is 273 g/mol. The van der Waals surface area contributed by atoms with E-state index in [1.807, 2.05) is 0 Å². The predicted octanol–water partition coefficient (Wildman–Crippen LogP) is 3.27. The first-order chi connectivity index (χ1) is 9.43. The van der Waals surface area contributed by atoms with E-state index in [1.54, 1.807) is 6.92 Å². The van der Waals surface area contributed by atoms with Gasteiger partial charge in [-0.2, -0.15) is 18.3 Å². The Kier molecular flexibility index (Phi) is 3.78. The summed E-state index contributed by atoms with van der Waals surface area (Å²) < 4.78 is 42.8. The average molecular weight is 284 g/mol. The number of alkyl halides is 3. The van der Waals surface area contributed by atoms with Crippen LogP contribution in [0.3, 0.4) is 0 Å². The molecule has 0 fully saturated rings. The molecule has 0 saturated heterocycles. The summed E-state index contributed by atoms with van der Waals surface area (Å²) in [4.78, 5) is 11.7. The van der Waals surface area contributed by atoms with E-state index in [0.29, 0.717) is 0 Å². The molecule has 2 rings (SSSR count). The normalized spacial score (nSPS) is 11.4. The van der Waals surface area contributed by atoms with Crippen LogP contribution in [-0.4, -0.2) is 22.8 Å². The van der Waals surface area contributed by atoms with Gasteiger partial charge in [0.2, 0.25) is 0 Å². The van der Waals surface area contributed by atoms with Crippen LogP contribution in [0.25, 0.3) is 11.3 Å². The number of carbonyl (C=O) groups excluding carboxylic acids is 1. The molecule has 1 heterocycles. The van der Waals surface area contributed by atoms with Crippen molar-refractivity contribution in [3.05, 3.63) is 41.6 Å². The first-order valence-electron chi connectivity index (χ1n) is 5.82. The summed E-state index contributed by atoms with van der Waals surface area (Å²) in [6, 6.07) is 4.62. The molecule has 0 amide bonds. The van der Waals surface area contributed by atoms with E-state index in [0.717, 1.165) is 12.1 Å². The van der Waals surface area contributed by atoms with Crippen LogP contribution < -0.4 is 0 Å². The van der Waals surface area contributed by atoms with Crippen molar-refractivity contribution in [2.24, 2.45) is 0 Å². The minimum absolute atomic E-state index is 0.103. The Morgan fingerprint density at radius 3 is 2.80 bits per heavy atom. The third-order valence-electron chi connectivity index (χ3n) is 2.60. The molecule has 20 heavy (non-hydrogen) atoms. The minimum Gasteiger partial charge on any atom is -0.462 e. The topological polar surface area (TPSA) is 55.0 Å². The highest BCUT2D eigenvalue weighted by Crippen LogP contribution is 2.32. The summed E-state index contributed by atoms with van der Waals surface area (Å²) in [5.41, 5.74) is -0.363. The molecule has 0 aliphatic rings. The maximum Gasteiger partial charge on any atom is 0.416 e. The fraction of sp³-hybridized carbons (Fsp3) is 0.231. The lowest BCUT2D eigenvalue weighted by Gasteiger charge is -2.08. The van der Waals surface area contributed by atoms with Gasteiger partial charge in [0, 0.05) is 11.8 Å². The van der Waals surface area contributed by atoms with Gasteiger partial charge < -0.3 is 4.74 Å². The van der Waals surface area contributed by atoms with Gasteiger partial charge in [0.15, 0.2) is 0 Å². The summed E-state index contributed by atoms with van der Waals surface area (Å²) in [6.07, 6.45) is -3.15. The number of rotatable bonds is 3. The average Bonchev–Trinajstić information content (AvgIpc) is 2.87. The number of hydrogen-bond donors (Lipinski definition) is 1.